The number of hydrogen-bond acceptors (Lipinski definition) is 3. The van der Waals surface area contributed by atoms with Gasteiger partial charge in [0.2, 0.25) is 5.91 Å². The molecular formula is C17H32N2O2. The molecule has 1 amide bonds. The standard InChI is InChI=1S/C17H32N2O2/c1-11(2)9-14-16(20)19(15(18-14)12(3)4)13-7-8-21-17(5,6)10-13/h11-15,18H,7-10H2,1-6H3. The van der Waals surface area contributed by atoms with Crippen LogP contribution in [0.2, 0.25) is 0 Å². The lowest BCUT2D eigenvalue weighted by molar-refractivity contribution is -0.140. The molecule has 0 radical (unpaired) electrons. The summed E-state index contributed by atoms with van der Waals surface area (Å²) in [5, 5.41) is 3.58. The van der Waals surface area contributed by atoms with E-state index in [4.69, 9.17) is 4.74 Å². The van der Waals surface area contributed by atoms with Crippen LogP contribution in [-0.2, 0) is 9.53 Å². The molecule has 2 saturated heterocycles. The zero-order valence-corrected chi connectivity index (χ0v) is 14.5. The van der Waals surface area contributed by atoms with E-state index < -0.39 is 0 Å². The van der Waals surface area contributed by atoms with Gasteiger partial charge in [0.05, 0.1) is 17.8 Å². The molecule has 122 valence electrons. The van der Waals surface area contributed by atoms with Crippen molar-refractivity contribution < 1.29 is 9.53 Å². The number of ether oxygens (including phenoxy) is 1. The quantitative estimate of drug-likeness (QED) is 0.867. The monoisotopic (exact) mass is 296 g/mol. The number of rotatable bonds is 4. The van der Waals surface area contributed by atoms with E-state index in [0.29, 0.717) is 23.8 Å². The van der Waals surface area contributed by atoms with Crippen LogP contribution >= 0.6 is 0 Å². The average Bonchev–Trinajstić information content (AvgIpc) is 2.65. The zero-order valence-electron chi connectivity index (χ0n) is 14.5. The van der Waals surface area contributed by atoms with Crippen molar-refractivity contribution in [2.24, 2.45) is 11.8 Å². The van der Waals surface area contributed by atoms with Gasteiger partial charge >= 0.3 is 0 Å². The molecular weight excluding hydrogens is 264 g/mol. The highest BCUT2D eigenvalue weighted by molar-refractivity contribution is 5.84. The number of carbonyl (C=O) groups excluding carboxylic acids is 1. The molecule has 1 N–H and O–H groups in total. The second kappa shape index (κ2) is 6.25. The van der Waals surface area contributed by atoms with E-state index in [1.165, 1.54) is 0 Å². The predicted molar refractivity (Wildman–Crippen MR) is 84.9 cm³/mol. The second-order valence-electron chi connectivity index (χ2n) is 8.04. The Balaban J connectivity index is 2.16. The van der Waals surface area contributed by atoms with E-state index in [0.717, 1.165) is 25.9 Å². The first-order chi connectivity index (χ1) is 9.71. The first-order valence-electron chi connectivity index (χ1n) is 8.43. The maximum absolute atomic E-state index is 12.9. The van der Waals surface area contributed by atoms with E-state index >= 15 is 0 Å². The molecule has 0 aromatic carbocycles. The number of nitrogens with one attached hydrogen (secondary N) is 1. The van der Waals surface area contributed by atoms with Crippen molar-refractivity contribution >= 4 is 5.91 Å². The van der Waals surface area contributed by atoms with Gasteiger partial charge in [-0.2, -0.15) is 0 Å². The average molecular weight is 296 g/mol. The summed E-state index contributed by atoms with van der Waals surface area (Å²) in [7, 11) is 0. The zero-order chi connectivity index (χ0) is 15.8. The first kappa shape index (κ1) is 16.8. The van der Waals surface area contributed by atoms with E-state index in [-0.39, 0.29) is 17.8 Å². The molecule has 3 atom stereocenters. The van der Waals surface area contributed by atoms with Crippen LogP contribution in [0.25, 0.3) is 0 Å². The van der Waals surface area contributed by atoms with E-state index in [2.05, 4.69) is 51.8 Å². The molecule has 0 aromatic rings. The SMILES string of the molecule is CC(C)CC1NC(C(C)C)N(C2CCOC(C)(C)C2)C1=O. The summed E-state index contributed by atoms with van der Waals surface area (Å²) in [6.07, 6.45) is 2.97. The third-order valence-corrected chi connectivity index (χ3v) is 4.63. The van der Waals surface area contributed by atoms with Gasteiger partial charge in [-0.05, 0) is 44.9 Å². The molecule has 2 rings (SSSR count). The summed E-state index contributed by atoms with van der Waals surface area (Å²) in [6, 6.07) is 0.293. The Bertz CT molecular complexity index is 379. The molecule has 21 heavy (non-hydrogen) atoms. The van der Waals surface area contributed by atoms with Crippen LogP contribution in [0.3, 0.4) is 0 Å². The maximum Gasteiger partial charge on any atom is 0.241 e. The highest BCUT2D eigenvalue weighted by Gasteiger charge is 2.45. The van der Waals surface area contributed by atoms with Crippen LogP contribution in [0.1, 0.15) is 60.8 Å². The summed E-state index contributed by atoms with van der Waals surface area (Å²) in [6.45, 7) is 13.8. The molecule has 2 aliphatic rings. The summed E-state index contributed by atoms with van der Waals surface area (Å²) >= 11 is 0. The molecule has 4 nitrogen and oxygen atoms in total. The lowest BCUT2D eigenvalue weighted by atomic mass is 9.91. The van der Waals surface area contributed by atoms with Gasteiger partial charge in [0, 0.05) is 12.6 Å². The van der Waals surface area contributed by atoms with Gasteiger partial charge in [-0.3, -0.25) is 10.1 Å². The minimum absolute atomic E-state index is 0.0108. The van der Waals surface area contributed by atoms with Crippen molar-refractivity contribution in [1.82, 2.24) is 10.2 Å². The lowest BCUT2D eigenvalue weighted by Crippen LogP contribution is -2.52. The first-order valence-corrected chi connectivity index (χ1v) is 8.43. The molecule has 0 aliphatic carbocycles. The van der Waals surface area contributed by atoms with Gasteiger partial charge in [0.25, 0.3) is 0 Å². The van der Waals surface area contributed by atoms with Gasteiger partial charge in [-0.15, -0.1) is 0 Å². The van der Waals surface area contributed by atoms with Gasteiger partial charge < -0.3 is 9.64 Å². The Hall–Kier alpha value is -0.610. The Morgan fingerprint density at radius 3 is 2.52 bits per heavy atom. The highest BCUT2D eigenvalue weighted by Crippen LogP contribution is 2.32. The Labute approximate surface area is 129 Å². The van der Waals surface area contributed by atoms with E-state index in [1.807, 2.05) is 0 Å². The molecule has 0 aromatic heterocycles. The molecule has 3 unspecified atom stereocenters. The molecule has 0 saturated carbocycles. The second-order valence-corrected chi connectivity index (χ2v) is 8.04. The summed E-state index contributed by atoms with van der Waals surface area (Å²) in [5.41, 5.74) is -0.124. The minimum atomic E-state index is -0.124. The van der Waals surface area contributed by atoms with Crippen molar-refractivity contribution in [2.45, 2.75) is 84.7 Å². The molecule has 0 bridgehead atoms. The van der Waals surface area contributed by atoms with Crippen LogP contribution in [0.5, 0.6) is 0 Å². The Kier molecular flexibility index (Phi) is 4.99. The fourth-order valence-electron chi connectivity index (χ4n) is 3.67. The number of nitrogens with zero attached hydrogens (tertiary/aromatic N) is 1. The van der Waals surface area contributed by atoms with E-state index in [1.54, 1.807) is 0 Å². The van der Waals surface area contributed by atoms with E-state index in [9.17, 15) is 4.79 Å². The Morgan fingerprint density at radius 2 is 2.00 bits per heavy atom. The number of amides is 1. The molecule has 2 fully saturated rings. The largest absolute Gasteiger partial charge is 0.375 e. The number of hydrogen-bond donors (Lipinski definition) is 1. The summed E-state index contributed by atoms with van der Waals surface area (Å²) in [5.74, 6) is 1.26. The molecule has 4 heteroatoms. The third kappa shape index (κ3) is 3.78. The van der Waals surface area contributed by atoms with Crippen LogP contribution in [-0.4, -0.2) is 41.3 Å². The lowest BCUT2D eigenvalue weighted by Gasteiger charge is -2.42. The maximum atomic E-state index is 12.9. The van der Waals surface area contributed by atoms with Crippen LogP contribution in [0, 0.1) is 11.8 Å². The Morgan fingerprint density at radius 1 is 1.33 bits per heavy atom. The smallest absolute Gasteiger partial charge is 0.241 e. The topological polar surface area (TPSA) is 41.6 Å². The summed E-state index contributed by atoms with van der Waals surface area (Å²) in [4.78, 5) is 15.0. The van der Waals surface area contributed by atoms with Crippen molar-refractivity contribution in [3.63, 3.8) is 0 Å². The fourth-order valence-corrected chi connectivity index (χ4v) is 3.67. The van der Waals surface area contributed by atoms with Crippen molar-refractivity contribution in [2.75, 3.05) is 6.61 Å². The summed E-state index contributed by atoms with van der Waals surface area (Å²) < 4.78 is 5.82. The number of carbonyl (C=O) groups is 1. The van der Waals surface area contributed by atoms with Crippen LogP contribution in [0.15, 0.2) is 0 Å². The van der Waals surface area contributed by atoms with Gasteiger partial charge in [-0.25, -0.2) is 0 Å². The van der Waals surface area contributed by atoms with Crippen molar-refractivity contribution in [3.05, 3.63) is 0 Å². The van der Waals surface area contributed by atoms with Gasteiger partial charge in [0.1, 0.15) is 0 Å². The van der Waals surface area contributed by atoms with Crippen molar-refractivity contribution in [1.29, 1.82) is 0 Å². The predicted octanol–water partition coefficient (Wildman–Crippen LogP) is 2.77. The normalized spacial score (nSPS) is 33.2. The van der Waals surface area contributed by atoms with Crippen molar-refractivity contribution in [3.8, 4) is 0 Å². The van der Waals surface area contributed by atoms with Gasteiger partial charge in [0.15, 0.2) is 0 Å². The van der Waals surface area contributed by atoms with Gasteiger partial charge in [-0.1, -0.05) is 27.7 Å². The highest BCUT2D eigenvalue weighted by atomic mass is 16.5. The molecule has 0 spiro atoms. The van der Waals surface area contributed by atoms with Crippen LogP contribution in [0.4, 0.5) is 0 Å². The molecule has 2 heterocycles. The third-order valence-electron chi connectivity index (χ3n) is 4.63. The minimum Gasteiger partial charge on any atom is -0.375 e. The molecule has 2 aliphatic heterocycles. The van der Waals surface area contributed by atoms with Crippen LogP contribution < -0.4 is 5.32 Å². The fraction of sp³-hybridized carbons (Fsp3) is 0.941.